The van der Waals surface area contributed by atoms with E-state index in [0.29, 0.717) is 11.6 Å². The number of carboxylic acids is 1. The van der Waals surface area contributed by atoms with Gasteiger partial charge in [-0.3, -0.25) is 4.79 Å². The highest BCUT2D eigenvalue weighted by Gasteiger charge is 2.22. The number of rotatable bonds is 3. The SMILES string of the molecule is NC(C(=O)O)c1csc(C2CCCCCC2)n1. The van der Waals surface area contributed by atoms with E-state index in [1.807, 2.05) is 0 Å². The molecule has 1 heterocycles. The Labute approximate surface area is 105 Å². The van der Waals surface area contributed by atoms with E-state index in [2.05, 4.69) is 4.98 Å². The molecule has 1 atom stereocenters. The molecule has 2 rings (SSSR count). The number of nitrogens with two attached hydrogens (primary N) is 1. The van der Waals surface area contributed by atoms with Crippen LogP contribution in [0, 0.1) is 0 Å². The van der Waals surface area contributed by atoms with Crippen molar-refractivity contribution < 1.29 is 9.90 Å². The van der Waals surface area contributed by atoms with E-state index in [0.717, 1.165) is 5.01 Å². The van der Waals surface area contributed by atoms with E-state index >= 15 is 0 Å². The van der Waals surface area contributed by atoms with Gasteiger partial charge in [-0.1, -0.05) is 25.7 Å². The largest absolute Gasteiger partial charge is 0.480 e. The standard InChI is InChI=1S/C12H18N2O2S/c13-10(12(15)16)9-7-17-11(14-9)8-5-3-1-2-4-6-8/h7-8,10H,1-6,13H2,(H,15,16). The lowest BCUT2D eigenvalue weighted by molar-refractivity contribution is -0.138. The lowest BCUT2D eigenvalue weighted by atomic mass is 10.0. The van der Waals surface area contributed by atoms with Gasteiger partial charge in [0.15, 0.2) is 0 Å². The molecule has 0 bridgehead atoms. The van der Waals surface area contributed by atoms with Crippen molar-refractivity contribution in [2.24, 2.45) is 5.73 Å². The first kappa shape index (κ1) is 12.5. The van der Waals surface area contributed by atoms with Crippen LogP contribution in [0.5, 0.6) is 0 Å². The van der Waals surface area contributed by atoms with Gasteiger partial charge < -0.3 is 10.8 Å². The first-order valence-corrected chi connectivity index (χ1v) is 7.00. The molecule has 1 unspecified atom stereocenters. The van der Waals surface area contributed by atoms with Crippen LogP contribution in [0.25, 0.3) is 0 Å². The monoisotopic (exact) mass is 254 g/mol. The number of aliphatic carboxylic acids is 1. The Hall–Kier alpha value is -0.940. The van der Waals surface area contributed by atoms with Crippen LogP contribution >= 0.6 is 11.3 Å². The van der Waals surface area contributed by atoms with E-state index in [1.165, 1.54) is 38.5 Å². The molecule has 1 aromatic heterocycles. The summed E-state index contributed by atoms with van der Waals surface area (Å²) >= 11 is 1.56. The van der Waals surface area contributed by atoms with Crippen LogP contribution in [0.1, 0.15) is 61.2 Å². The summed E-state index contributed by atoms with van der Waals surface area (Å²) in [6, 6.07) is -0.981. The fraction of sp³-hybridized carbons (Fsp3) is 0.667. The Balaban J connectivity index is 2.08. The molecular weight excluding hydrogens is 236 g/mol. The quantitative estimate of drug-likeness (QED) is 0.813. The second-order valence-electron chi connectivity index (χ2n) is 4.62. The molecular formula is C12H18N2O2S. The van der Waals surface area contributed by atoms with Crippen LogP contribution in [0.2, 0.25) is 0 Å². The molecule has 0 amide bonds. The summed E-state index contributed by atoms with van der Waals surface area (Å²) in [7, 11) is 0. The van der Waals surface area contributed by atoms with E-state index < -0.39 is 12.0 Å². The van der Waals surface area contributed by atoms with Crippen LogP contribution in [-0.4, -0.2) is 16.1 Å². The molecule has 1 aromatic rings. The van der Waals surface area contributed by atoms with E-state index in [-0.39, 0.29) is 0 Å². The van der Waals surface area contributed by atoms with Crippen molar-refractivity contribution in [3.8, 4) is 0 Å². The Morgan fingerprint density at radius 3 is 2.65 bits per heavy atom. The average Bonchev–Trinajstić information content (AvgIpc) is 2.64. The number of hydrogen-bond donors (Lipinski definition) is 2. The van der Waals surface area contributed by atoms with Gasteiger partial charge in [0.2, 0.25) is 0 Å². The second kappa shape index (κ2) is 5.60. The summed E-state index contributed by atoms with van der Waals surface area (Å²) in [6.07, 6.45) is 7.48. The third-order valence-electron chi connectivity index (χ3n) is 3.33. The van der Waals surface area contributed by atoms with Crippen molar-refractivity contribution >= 4 is 17.3 Å². The number of carboxylic acid groups (broad SMARTS) is 1. The smallest absolute Gasteiger partial charge is 0.326 e. The minimum atomic E-state index is -1.01. The molecule has 0 aromatic carbocycles. The van der Waals surface area contributed by atoms with Gasteiger partial charge in [-0.05, 0) is 12.8 Å². The van der Waals surface area contributed by atoms with E-state index in [1.54, 1.807) is 16.7 Å². The van der Waals surface area contributed by atoms with Gasteiger partial charge in [0.05, 0.1) is 10.7 Å². The number of aromatic nitrogens is 1. The van der Waals surface area contributed by atoms with Crippen molar-refractivity contribution in [3.63, 3.8) is 0 Å². The second-order valence-corrected chi connectivity index (χ2v) is 5.50. The van der Waals surface area contributed by atoms with Crippen molar-refractivity contribution in [3.05, 3.63) is 16.1 Å². The molecule has 3 N–H and O–H groups in total. The van der Waals surface area contributed by atoms with Crippen LogP contribution in [-0.2, 0) is 4.79 Å². The maximum absolute atomic E-state index is 10.8. The maximum atomic E-state index is 10.8. The zero-order valence-corrected chi connectivity index (χ0v) is 10.6. The first-order valence-electron chi connectivity index (χ1n) is 6.12. The minimum Gasteiger partial charge on any atom is -0.480 e. The Morgan fingerprint density at radius 1 is 1.41 bits per heavy atom. The lowest BCUT2D eigenvalue weighted by Gasteiger charge is -2.10. The number of thiazole rings is 1. The zero-order chi connectivity index (χ0) is 12.3. The lowest BCUT2D eigenvalue weighted by Crippen LogP contribution is -2.21. The number of nitrogens with zero attached hydrogens (tertiary/aromatic N) is 1. The van der Waals surface area contributed by atoms with Crippen LogP contribution in [0.15, 0.2) is 5.38 Å². The number of hydrogen-bond acceptors (Lipinski definition) is 4. The van der Waals surface area contributed by atoms with Gasteiger partial charge in [-0.15, -0.1) is 11.3 Å². The summed E-state index contributed by atoms with van der Waals surface area (Å²) in [5.74, 6) is -0.500. The first-order chi connectivity index (χ1) is 8.18. The van der Waals surface area contributed by atoms with Gasteiger partial charge in [0.25, 0.3) is 0 Å². The predicted octanol–water partition coefficient (Wildman–Crippen LogP) is 2.67. The highest BCUT2D eigenvalue weighted by Crippen LogP contribution is 2.33. The summed E-state index contributed by atoms with van der Waals surface area (Å²) in [5, 5.41) is 11.7. The molecule has 1 aliphatic carbocycles. The van der Waals surface area contributed by atoms with Crippen molar-refractivity contribution in [2.45, 2.75) is 50.5 Å². The number of carbonyl (C=O) groups is 1. The Bertz CT molecular complexity index is 384. The van der Waals surface area contributed by atoms with Crippen LogP contribution in [0.4, 0.5) is 0 Å². The average molecular weight is 254 g/mol. The molecule has 0 radical (unpaired) electrons. The van der Waals surface area contributed by atoms with Gasteiger partial charge in [0.1, 0.15) is 6.04 Å². The molecule has 1 fully saturated rings. The van der Waals surface area contributed by atoms with E-state index in [4.69, 9.17) is 10.8 Å². The Kier molecular flexibility index (Phi) is 4.12. The topological polar surface area (TPSA) is 76.2 Å². The molecule has 0 saturated heterocycles. The molecule has 4 nitrogen and oxygen atoms in total. The Morgan fingerprint density at radius 2 is 2.06 bits per heavy atom. The fourth-order valence-electron chi connectivity index (χ4n) is 2.28. The van der Waals surface area contributed by atoms with Crippen molar-refractivity contribution in [1.82, 2.24) is 4.98 Å². The van der Waals surface area contributed by atoms with Gasteiger partial charge in [-0.2, -0.15) is 0 Å². The highest BCUT2D eigenvalue weighted by molar-refractivity contribution is 7.09. The van der Waals surface area contributed by atoms with E-state index in [9.17, 15) is 4.79 Å². The molecule has 17 heavy (non-hydrogen) atoms. The van der Waals surface area contributed by atoms with Gasteiger partial charge in [-0.25, -0.2) is 4.98 Å². The molecule has 1 saturated carbocycles. The fourth-order valence-corrected chi connectivity index (χ4v) is 3.31. The summed E-state index contributed by atoms with van der Waals surface area (Å²) in [5.41, 5.74) is 6.06. The van der Waals surface area contributed by atoms with Gasteiger partial charge >= 0.3 is 5.97 Å². The molecule has 5 heteroatoms. The third-order valence-corrected chi connectivity index (χ3v) is 4.35. The van der Waals surface area contributed by atoms with Crippen LogP contribution in [0.3, 0.4) is 0 Å². The minimum absolute atomic E-state index is 0.502. The van der Waals surface area contributed by atoms with Crippen LogP contribution < -0.4 is 5.73 Å². The normalized spacial score (nSPS) is 19.8. The molecule has 1 aliphatic rings. The van der Waals surface area contributed by atoms with Crippen molar-refractivity contribution in [1.29, 1.82) is 0 Å². The predicted molar refractivity (Wildman–Crippen MR) is 67.1 cm³/mol. The van der Waals surface area contributed by atoms with Crippen molar-refractivity contribution in [2.75, 3.05) is 0 Å². The summed E-state index contributed by atoms with van der Waals surface area (Å²) in [6.45, 7) is 0. The molecule has 94 valence electrons. The van der Waals surface area contributed by atoms with Gasteiger partial charge in [0, 0.05) is 11.3 Å². The molecule has 0 spiro atoms. The summed E-state index contributed by atoms with van der Waals surface area (Å²) < 4.78 is 0. The highest BCUT2D eigenvalue weighted by atomic mass is 32.1. The third kappa shape index (κ3) is 3.04. The maximum Gasteiger partial charge on any atom is 0.326 e. The zero-order valence-electron chi connectivity index (χ0n) is 9.76. The molecule has 0 aliphatic heterocycles. The summed E-state index contributed by atoms with van der Waals surface area (Å²) in [4.78, 5) is 15.2.